The van der Waals surface area contributed by atoms with Crippen LogP contribution >= 0.6 is 27.5 Å². The summed E-state index contributed by atoms with van der Waals surface area (Å²) in [6.07, 6.45) is 0. The number of hydrogen-bond donors (Lipinski definition) is 1. The van der Waals surface area contributed by atoms with E-state index in [0.29, 0.717) is 28.1 Å². The summed E-state index contributed by atoms with van der Waals surface area (Å²) in [4.78, 5) is 10.6. The number of benzene rings is 2. The van der Waals surface area contributed by atoms with Crippen molar-refractivity contribution in [3.63, 3.8) is 0 Å². The predicted octanol–water partition coefficient (Wildman–Crippen LogP) is 4.30. The van der Waals surface area contributed by atoms with Gasteiger partial charge >= 0.3 is 0 Å². The van der Waals surface area contributed by atoms with Crippen molar-refractivity contribution in [2.45, 2.75) is 13.1 Å². The molecule has 0 fully saturated rings. The van der Waals surface area contributed by atoms with Crippen LogP contribution in [-0.4, -0.2) is 4.92 Å². The Labute approximate surface area is 130 Å². The molecule has 0 amide bonds. The molecule has 0 aromatic heterocycles. The molecule has 0 unspecified atom stereocenters. The van der Waals surface area contributed by atoms with E-state index in [1.54, 1.807) is 12.1 Å². The number of nitrogens with one attached hydrogen (secondary N) is 1. The third-order valence-corrected chi connectivity index (χ3v) is 3.69. The van der Waals surface area contributed by atoms with Crippen LogP contribution in [0, 0.1) is 10.1 Å². The standard InChI is InChI=1S/C14H12BrClN2O2/c15-12-6-5-11(14(7-12)18(19)20)9-17-8-10-3-1-2-4-13(10)16/h1-7,17H,8-9H2. The average Bonchev–Trinajstić information content (AvgIpc) is 2.42. The molecule has 2 aromatic rings. The monoisotopic (exact) mass is 354 g/mol. The molecule has 0 radical (unpaired) electrons. The molecule has 0 aliphatic heterocycles. The van der Waals surface area contributed by atoms with E-state index in [1.807, 2.05) is 24.3 Å². The zero-order chi connectivity index (χ0) is 14.5. The number of rotatable bonds is 5. The first kappa shape index (κ1) is 15.0. The Morgan fingerprint density at radius 3 is 2.55 bits per heavy atom. The van der Waals surface area contributed by atoms with Crippen molar-refractivity contribution in [3.8, 4) is 0 Å². The summed E-state index contributed by atoms with van der Waals surface area (Å²) in [5.41, 5.74) is 1.71. The van der Waals surface area contributed by atoms with Crippen LogP contribution in [0.25, 0.3) is 0 Å². The van der Waals surface area contributed by atoms with Crippen molar-refractivity contribution in [3.05, 3.63) is 73.2 Å². The van der Waals surface area contributed by atoms with E-state index >= 15 is 0 Å². The molecule has 104 valence electrons. The lowest BCUT2D eigenvalue weighted by Crippen LogP contribution is -2.14. The van der Waals surface area contributed by atoms with Crippen molar-refractivity contribution in [2.75, 3.05) is 0 Å². The minimum absolute atomic E-state index is 0.103. The van der Waals surface area contributed by atoms with Crippen LogP contribution in [0.5, 0.6) is 0 Å². The van der Waals surface area contributed by atoms with Crippen LogP contribution in [0.4, 0.5) is 5.69 Å². The molecule has 0 heterocycles. The van der Waals surface area contributed by atoms with E-state index in [0.717, 1.165) is 5.56 Å². The molecule has 0 spiro atoms. The van der Waals surface area contributed by atoms with E-state index in [-0.39, 0.29) is 10.6 Å². The Kier molecular flexibility index (Phi) is 5.11. The second kappa shape index (κ2) is 6.83. The Hall–Kier alpha value is -1.43. The quantitative estimate of drug-likeness (QED) is 0.642. The van der Waals surface area contributed by atoms with Crippen LogP contribution in [0.3, 0.4) is 0 Å². The van der Waals surface area contributed by atoms with E-state index < -0.39 is 0 Å². The largest absolute Gasteiger partial charge is 0.308 e. The minimum Gasteiger partial charge on any atom is -0.308 e. The van der Waals surface area contributed by atoms with Gasteiger partial charge in [-0.05, 0) is 23.8 Å². The smallest absolute Gasteiger partial charge is 0.275 e. The summed E-state index contributed by atoms with van der Waals surface area (Å²) in [6.45, 7) is 0.974. The second-order valence-corrected chi connectivity index (χ2v) is 5.55. The molecule has 0 atom stereocenters. The molecular formula is C14H12BrClN2O2. The fourth-order valence-electron chi connectivity index (χ4n) is 1.83. The normalized spacial score (nSPS) is 10.5. The molecule has 20 heavy (non-hydrogen) atoms. The molecule has 2 rings (SSSR count). The first-order valence-electron chi connectivity index (χ1n) is 5.95. The number of nitro benzene ring substituents is 1. The Morgan fingerprint density at radius 2 is 1.85 bits per heavy atom. The van der Waals surface area contributed by atoms with E-state index in [4.69, 9.17) is 11.6 Å². The number of nitro groups is 1. The zero-order valence-corrected chi connectivity index (χ0v) is 12.8. The number of nitrogens with zero attached hydrogens (tertiary/aromatic N) is 1. The third-order valence-electron chi connectivity index (χ3n) is 2.83. The molecule has 1 N–H and O–H groups in total. The van der Waals surface area contributed by atoms with Gasteiger partial charge in [0.2, 0.25) is 0 Å². The average molecular weight is 356 g/mol. The highest BCUT2D eigenvalue weighted by molar-refractivity contribution is 9.10. The zero-order valence-electron chi connectivity index (χ0n) is 10.5. The van der Waals surface area contributed by atoms with Crippen molar-refractivity contribution in [1.29, 1.82) is 0 Å². The first-order valence-corrected chi connectivity index (χ1v) is 7.12. The van der Waals surface area contributed by atoms with Gasteiger partial charge in [-0.3, -0.25) is 10.1 Å². The summed E-state index contributed by atoms with van der Waals surface area (Å²) in [5.74, 6) is 0. The molecule has 2 aromatic carbocycles. The maximum absolute atomic E-state index is 11.0. The number of halogens is 2. The second-order valence-electron chi connectivity index (χ2n) is 4.23. The molecule has 0 saturated carbocycles. The maximum atomic E-state index is 11.0. The molecule has 0 aliphatic carbocycles. The van der Waals surface area contributed by atoms with Gasteiger partial charge in [-0.25, -0.2) is 0 Å². The highest BCUT2D eigenvalue weighted by Crippen LogP contribution is 2.23. The summed E-state index contributed by atoms with van der Waals surface area (Å²) < 4.78 is 0.694. The van der Waals surface area contributed by atoms with Gasteiger partial charge in [0, 0.05) is 34.2 Å². The molecular weight excluding hydrogens is 344 g/mol. The predicted molar refractivity (Wildman–Crippen MR) is 82.8 cm³/mol. The number of hydrogen-bond acceptors (Lipinski definition) is 3. The van der Waals surface area contributed by atoms with Crippen molar-refractivity contribution in [1.82, 2.24) is 5.32 Å². The van der Waals surface area contributed by atoms with E-state index in [1.165, 1.54) is 6.07 Å². The highest BCUT2D eigenvalue weighted by atomic mass is 79.9. The molecule has 4 nitrogen and oxygen atoms in total. The fraction of sp³-hybridized carbons (Fsp3) is 0.143. The highest BCUT2D eigenvalue weighted by Gasteiger charge is 2.13. The SMILES string of the molecule is O=[N+]([O-])c1cc(Br)ccc1CNCc1ccccc1Cl. The van der Waals surface area contributed by atoms with Crippen molar-refractivity contribution in [2.24, 2.45) is 0 Å². The van der Waals surface area contributed by atoms with Gasteiger partial charge < -0.3 is 5.32 Å². The van der Waals surface area contributed by atoms with Gasteiger partial charge in [0.25, 0.3) is 5.69 Å². The van der Waals surface area contributed by atoms with E-state index in [2.05, 4.69) is 21.2 Å². The summed E-state index contributed by atoms with van der Waals surface area (Å²) in [5, 5.41) is 14.9. The van der Waals surface area contributed by atoms with Crippen LogP contribution < -0.4 is 5.32 Å². The van der Waals surface area contributed by atoms with Gasteiger partial charge in [-0.1, -0.05) is 45.7 Å². The Bertz CT molecular complexity index is 634. The lowest BCUT2D eigenvalue weighted by atomic mass is 10.1. The summed E-state index contributed by atoms with van der Waals surface area (Å²) >= 11 is 9.29. The van der Waals surface area contributed by atoms with Gasteiger partial charge in [-0.2, -0.15) is 0 Å². The molecule has 6 heteroatoms. The van der Waals surface area contributed by atoms with E-state index in [9.17, 15) is 10.1 Å². The van der Waals surface area contributed by atoms with Gasteiger partial charge in [-0.15, -0.1) is 0 Å². The van der Waals surface area contributed by atoms with Gasteiger partial charge in [0.15, 0.2) is 0 Å². The topological polar surface area (TPSA) is 55.2 Å². The lowest BCUT2D eigenvalue weighted by molar-refractivity contribution is -0.385. The van der Waals surface area contributed by atoms with Crippen LogP contribution in [-0.2, 0) is 13.1 Å². The lowest BCUT2D eigenvalue weighted by Gasteiger charge is -2.07. The fourth-order valence-corrected chi connectivity index (χ4v) is 2.38. The Balaban J connectivity index is 2.05. The minimum atomic E-state index is -0.378. The molecule has 0 aliphatic rings. The van der Waals surface area contributed by atoms with Crippen molar-refractivity contribution < 1.29 is 4.92 Å². The first-order chi connectivity index (χ1) is 9.58. The Morgan fingerprint density at radius 1 is 1.15 bits per heavy atom. The maximum Gasteiger partial charge on any atom is 0.275 e. The summed E-state index contributed by atoms with van der Waals surface area (Å²) in [7, 11) is 0. The molecule has 0 bridgehead atoms. The van der Waals surface area contributed by atoms with Gasteiger partial charge in [0.05, 0.1) is 4.92 Å². The van der Waals surface area contributed by atoms with Crippen LogP contribution in [0.1, 0.15) is 11.1 Å². The van der Waals surface area contributed by atoms with Crippen LogP contribution in [0.2, 0.25) is 5.02 Å². The summed E-state index contributed by atoms with van der Waals surface area (Å²) in [6, 6.07) is 12.6. The molecule has 0 saturated heterocycles. The van der Waals surface area contributed by atoms with Gasteiger partial charge in [0.1, 0.15) is 0 Å². The third kappa shape index (κ3) is 3.79. The van der Waals surface area contributed by atoms with Crippen LogP contribution in [0.15, 0.2) is 46.9 Å². The van der Waals surface area contributed by atoms with Crippen molar-refractivity contribution >= 4 is 33.2 Å².